The van der Waals surface area contributed by atoms with Crippen molar-refractivity contribution in [3.63, 3.8) is 0 Å². The molecule has 2 amide bonds. The standard InChI is InChI=1S/C25H30N2O8/c1-25(2,3)35-24(31)26-13-21(23(29)30)27(22(28)14-26)17-7-6-8-18(11-17)34-15-16-9-19(32-4)12-20(10-16)33-5/h6-12,21H,13-15H2,1-5H3,(H,29,30). The third-order valence-corrected chi connectivity index (χ3v) is 5.15. The molecule has 0 bridgehead atoms. The minimum Gasteiger partial charge on any atom is -0.497 e. The highest BCUT2D eigenvalue weighted by atomic mass is 16.6. The number of ether oxygens (including phenoxy) is 4. The Balaban J connectivity index is 1.78. The summed E-state index contributed by atoms with van der Waals surface area (Å²) in [6.07, 6.45) is -0.734. The van der Waals surface area contributed by atoms with Crippen LogP contribution in [0.3, 0.4) is 0 Å². The van der Waals surface area contributed by atoms with Gasteiger partial charge in [0.25, 0.3) is 0 Å². The second kappa shape index (κ2) is 10.5. The van der Waals surface area contributed by atoms with Crippen LogP contribution in [0.1, 0.15) is 26.3 Å². The number of hydrogen-bond donors (Lipinski definition) is 1. The Bertz CT molecular complexity index is 1070. The Labute approximate surface area is 203 Å². The van der Waals surface area contributed by atoms with Crippen molar-refractivity contribution in [3.8, 4) is 17.2 Å². The summed E-state index contributed by atoms with van der Waals surface area (Å²) in [5.74, 6) is -0.0923. The van der Waals surface area contributed by atoms with Crippen molar-refractivity contribution in [2.75, 3.05) is 32.2 Å². The van der Waals surface area contributed by atoms with E-state index < -0.39 is 29.6 Å². The minimum atomic E-state index is -1.28. The normalized spacial score (nSPS) is 16.0. The second-order valence-electron chi connectivity index (χ2n) is 8.99. The molecule has 1 atom stereocenters. The SMILES string of the molecule is COc1cc(COc2cccc(N3C(=O)CN(C(=O)OC(C)(C)C)CC3C(=O)O)c2)cc(OC)c1. The van der Waals surface area contributed by atoms with Crippen molar-refractivity contribution >= 4 is 23.7 Å². The molecule has 10 nitrogen and oxygen atoms in total. The molecule has 188 valence electrons. The first kappa shape index (κ1) is 25.7. The summed E-state index contributed by atoms with van der Waals surface area (Å²) in [5.41, 5.74) is 0.387. The van der Waals surface area contributed by atoms with Gasteiger partial charge in [-0.1, -0.05) is 6.07 Å². The van der Waals surface area contributed by atoms with Crippen molar-refractivity contribution in [2.24, 2.45) is 0 Å². The molecule has 10 heteroatoms. The summed E-state index contributed by atoms with van der Waals surface area (Å²) in [5, 5.41) is 9.81. The van der Waals surface area contributed by atoms with Gasteiger partial charge in [0.1, 0.15) is 36.0 Å². The number of amides is 2. The van der Waals surface area contributed by atoms with Gasteiger partial charge in [0.2, 0.25) is 5.91 Å². The average molecular weight is 487 g/mol. The zero-order chi connectivity index (χ0) is 25.8. The van der Waals surface area contributed by atoms with Crippen molar-refractivity contribution in [3.05, 3.63) is 48.0 Å². The summed E-state index contributed by atoms with van der Waals surface area (Å²) >= 11 is 0. The fourth-order valence-electron chi connectivity index (χ4n) is 3.59. The Morgan fingerprint density at radius 1 is 1.03 bits per heavy atom. The topological polar surface area (TPSA) is 115 Å². The zero-order valence-corrected chi connectivity index (χ0v) is 20.4. The van der Waals surface area contributed by atoms with Gasteiger partial charge >= 0.3 is 12.1 Å². The molecule has 1 N–H and O–H groups in total. The monoisotopic (exact) mass is 486 g/mol. The summed E-state index contributed by atoms with van der Waals surface area (Å²) < 4.78 is 21.7. The van der Waals surface area contributed by atoms with E-state index >= 15 is 0 Å². The Morgan fingerprint density at radius 2 is 1.69 bits per heavy atom. The first-order valence-corrected chi connectivity index (χ1v) is 11.0. The Morgan fingerprint density at radius 3 is 2.26 bits per heavy atom. The fourth-order valence-corrected chi connectivity index (χ4v) is 3.59. The van der Waals surface area contributed by atoms with Gasteiger partial charge in [-0.15, -0.1) is 0 Å². The number of nitrogens with zero attached hydrogens (tertiary/aromatic N) is 2. The van der Waals surface area contributed by atoms with E-state index in [2.05, 4.69) is 0 Å². The molecule has 2 aromatic carbocycles. The molecule has 2 aromatic rings. The maximum atomic E-state index is 13.0. The van der Waals surface area contributed by atoms with E-state index in [-0.39, 0.29) is 19.7 Å². The fraction of sp³-hybridized carbons (Fsp3) is 0.400. The van der Waals surface area contributed by atoms with E-state index in [0.717, 1.165) is 10.5 Å². The largest absolute Gasteiger partial charge is 0.497 e. The molecule has 35 heavy (non-hydrogen) atoms. The van der Waals surface area contributed by atoms with E-state index in [1.165, 1.54) is 4.90 Å². The van der Waals surface area contributed by atoms with Crippen LogP contribution in [0.2, 0.25) is 0 Å². The van der Waals surface area contributed by atoms with Crippen molar-refractivity contribution in [1.29, 1.82) is 0 Å². The number of carbonyl (C=O) groups excluding carboxylic acids is 2. The molecular weight excluding hydrogens is 456 g/mol. The second-order valence-corrected chi connectivity index (χ2v) is 8.99. The van der Waals surface area contributed by atoms with Crippen LogP contribution in [0.4, 0.5) is 10.5 Å². The molecule has 1 fully saturated rings. The maximum absolute atomic E-state index is 13.0. The predicted molar refractivity (Wildman–Crippen MR) is 127 cm³/mol. The van der Waals surface area contributed by atoms with Gasteiger partial charge in [-0.3, -0.25) is 14.6 Å². The van der Waals surface area contributed by atoms with Crippen molar-refractivity contribution in [1.82, 2.24) is 4.90 Å². The lowest BCUT2D eigenvalue weighted by Crippen LogP contribution is -2.61. The number of hydrogen-bond acceptors (Lipinski definition) is 7. The number of methoxy groups -OCH3 is 2. The number of benzene rings is 2. The van der Waals surface area contributed by atoms with Crippen LogP contribution >= 0.6 is 0 Å². The third-order valence-electron chi connectivity index (χ3n) is 5.15. The van der Waals surface area contributed by atoms with Gasteiger partial charge in [-0.2, -0.15) is 0 Å². The van der Waals surface area contributed by atoms with Crippen molar-refractivity contribution < 1.29 is 38.4 Å². The molecular formula is C25H30N2O8. The molecule has 0 radical (unpaired) electrons. The lowest BCUT2D eigenvalue weighted by molar-refractivity contribution is -0.142. The van der Waals surface area contributed by atoms with Crippen LogP contribution in [0.25, 0.3) is 0 Å². The number of rotatable bonds is 7. The van der Waals surface area contributed by atoms with Crippen LogP contribution in [-0.2, 0) is 20.9 Å². The quantitative estimate of drug-likeness (QED) is 0.634. The zero-order valence-electron chi connectivity index (χ0n) is 20.4. The minimum absolute atomic E-state index is 0.194. The average Bonchev–Trinajstić information content (AvgIpc) is 2.80. The third kappa shape index (κ3) is 6.56. The van der Waals surface area contributed by atoms with E-state index in [1.54, 1.807) is 65.3 Å². The molecule has 1 heterocycles. The van der Waals surface area contributed by atoms with E-state index in [4.69, 9.17) is 18.9 Å². The van der Waals surface area contributed by atoms with E-state index in [9.17, 15) is 19.5 Å². The van der Waals surface area contributed by atoms with Crippen molar-refractivity contribution in [2.45, 2.75) is 39.0 Å². The summed E-state index contributed by atoms with van der Waals surface area (Å²) in [7, 11) is 3.11. The van der Waals surface area contributed by atoms with Gasteiger partial charge in [-0.25, -0.2) is 9.59 Å². The number of carboxylic acid groups (broad SMARTS) is 1. The van der Waals surface area contributed by atoms with Crippen LogP contribution in [0.15, 0.2) is 42.5 Å². The smallest absolute Gasteiger partial charge is 0.410 e. The van der Waals surface area contributed by atoms with Crippen LogP contribution < -0.4 is 19.1 Å². The molecule has 1 saturated heterocycles. The summed E-state index contributed by atoms with van der Waals surface area (Å²) in [6.45, 7) is 4.79. The number of anilines is 1. The maximum Gasteiger partial charge on any atom is 0.410 e. The van der Waals surface area contributed by atoms with Crippen LogP contribution in [0, 0.1) is 0 Å². The molecule has 0 aromatic heterocycles. The predicted octanol–water partition coefficient (Wildman–Crippen LogP) is 3.32. The van der Waals surface area contributed by atoms with Gasteiger partial charge in [-0.05, 0) is 50.6 Å². The molecule has 0 aliphatic carbocycles. The van der Waals surface area contributed by atoms with Gasteiger partial charge < -0.3 is 24.1 Å². The lowest BCUT2D eigenvalue weighted by atomic mass is 10.1. The number of carbonyl (C=O) groups is 3. The lowest BCUT2D eigenvalue weighted by Gasteiger charge is -2.39. The number of carboxylic acids is 1. The summed E-state index contributed by atoms with van der Waals surface area (Å²) in [6, 6.07) is 10.7. The Hall–Kier alpha value is -3.95. The van der Waals surface area contributed by atoms with Gasteiger partial charge in [0.15, 0.2) is 6.04 Å². The highest BCUT2D eigenvalue weighted by molar-refractivity contribution is 6.03. The molecule has 1 aliphatic rings. The highest BCUT2D eigenvalue weighted by Gasteiger charge is 2.41. The first-order valence-electron chi connectivity index (χ1n) is 11.0. The number of aliphatic carboxylic acids is 1. The number of piperazine rings is 1. The summed E-state index contributed by atoms with van der Waals surface area (Å²) in [4.78, 5) is 39.7. The molecule has 0 saturated carbocycles. The molecule has 0 spiro atoms. The van der Waals surface area contributed by atoms with E-state index in [0.29, 0.717) is 22.9 Å². The first-order chi connectivity index (χ1) is 16.5. The van der Waals surface area contributed by atoms with Crippen LogP contribution in [-0.4, -0.2) is 66.9 Å². The van der Waals surface area contributed by atoms with E-state index in [1.807, 2.05) is 12.1 Å². The molecule has 1 aliphatic heterocycles. The highest BCUT2D eigenvalue weighted by Crippen LogP contribution is 2.28. The molecule has 1 unspecified atom stereocenters. The molecule has 3 rings (SSSR count). The van der Waals surface area contributed by atoms with Gasteiger partial charge in [0.05, 0.1) is 20.8 Å². The Kier molecular flexibility index (Phi) is 7.73. The van der Waals surface area contributed by atoms with Gasteiger partial charge in [0, 0.05) is 17.8 Å². The van der Waals surface area contributed by atoms with Crippen LogP contribution in [0.5, 0.6) is 17.2 Å².